The van der Waals surface area contributed by atoms with Crippen LogP contribution in [0, 0.1) is 5.92 Å². The Hall–Kier alpha value is -0.600. The third-order valence-corrected chi connectivity index (χ3v) is 3.53. The number of thiophene rings is 1. The van der Waals surface area contributed by atoms with E-state index in [1.165, 1.54) is 0 Å². The third-order valence-electron chi connectivity index (χ3n) is 2.59. The Morgan fingerprint density at radius 3 is 3.00 bits per heavy atom. The van der Waals surface area contributed by atoms with Crippen LogP contribution in [0.5, 0.6) is 0 Å². The van der Waals surface area contributed by atoms with E-state index in [0.717, 1.165) is 24.1 Å². The third kappa shape index (κ3) is 2.01. The van der Waals surface area contributed by atoms with Crippen molar-refractivity contribution in [1.82, 2.24) is 0 Å². The van der Waals surface area contributed by atoms with Crippen LogP contribution in [-0.2, 0) is 0 Å². The highest BCUT2D eigenvalue weighted by Crippen LogP contribution is 2.33. The van der Waals surface area contributed by atoms with Gasteiger partial charge in [0.05, 0.1) is 6.10 Å². The summed E-state index contributed by atoms with van der Waals surface area (Å²) in [4.78, 5) is 1.11. The SMILES string of the molecule is O[C@@H](c1cccs1)[C@@H]1CC=CCC1. The van der Waals surface area contributed by atoms with Crippen LogP contribution in [0.15, 0.2) is 29.7 Å². The van der Waals surface area contributed by atoms with Gasteiger partial charge in [0, 0.05) is 4.88 Å². The molecule has 0 aromatic carbocycles. The smallest absolute Gasteiger partial charge is 0.0913 e. The first-order chi connectivity index (χ1) is 6.38. The van der Waals surface area contributed by atoms with Crippen molar-refractivity contribution in [3.63, 3.8) is 0 Å². The lowest BCUT2D eigenvalue weighted by Crippen LogP contribution is -2.12. The van der Waals surface area contributed by atoms with E-state index < -0.39 is 0 Å². The van der Waals surface area contributed by atoms with Crippen molar-refractivity contribution in [2.24, 2.45) is 5.92 Å². The standard InChI is InChI=1S/C11H14OS/c12-11(10-7-4-8-13-10)9-5-2-1-3-6-9/h1-2,4,7-9,11-12H,3,5-6H2/t9-,11-/m1/s1. The summed E-state index contributed by atoms with van der Waals surface area (Å²) in [5.41, 5.74) is 0. The summed E-state index contributed by atoms with van der Waals surface area (Å²) < 4.78 is 0. The summed E-state index contributed by atoms with van der Waals surface area (Å²) in [6.45, 7) is 0. The molecule has 1 aliphatic carbocycles. The Labute approximate surface area is 82.7 Å². The first kappa shape index (κ1) is 8.97. The quantitative estimate of drug-likeness (QED) is 0.717. The minimum absolute atomic E-state index is 0.245. The van der Waals surface area contributed by atoms with Gasteiger partial charge in [-0.25, -0.2) is 0 Å². The number of rotatable bonds is 2. The van der Waals surface area contributed by atoms with E-state index in [2.05, 4.69) is 12.2 Å². The molecule has 1 nitrogen and oxygen atoms in total. The van der Waals surface area contributed by atoms with Crippen LogP contribution in [0.25, 0.3) is 0 Å². The molecular formula is C11H14OS. The molecule has 1 aromatic rings. The lowest BCUT2D eigenvalue weighted by Gasteiger charge is -2.22. The van der Waals surface area contributed by atoms with Crippen LogP contribution >= 0.6 is 11.3 Å². The van der Waals surface area contributed by atoms with Gasteiger partial charge in [-0.15, -0.1) is 11.3 Å². The summed E-state index contributed by atoms with van der Waals surface area (Å²) in [6, 6.07) is 4.02. The summed E-state index contributed by atoms with van der Waals surface area (Å²) >= 11 is 1.65. The van der Waals surface area contributed by atoms with Crippen molar-refractivity contribution in [2.45, 2.75) is 25.4 Å². The molecule has 1 aromatic heterocycles. The molecule has 0 radical (unpaired) electrons. The van der Waals surface area contributed by atoms with Crippen LogP contribution in [0.2, 0.25) is 0 Å². The highest BCUT2D eigenvalue weighted by molar-refractivity contribution is 7.10. The van der Waals surface area contributed by atoms with Crippen LogP contribution in [0.1, 0.15) is 30.2 Å². The molecule has 0 unspecified atom stereocenters. The average Bonchev–Trinajstić information content (AvgIpc) is 2.71. The molecule has 0 bridgehead atoms. The Morgan fingerprint density at radius 2 is 2.38 bits per heavy atom. The van der Waals surface area contributed by atoms with Gasteiger partial charge in [-0.1, -0.05) is 18.2 Å². The summed E-state index contributed by atoms with van der Waals surface area (Å²) in [7, 11) is 0. The summed E-state index contributed by atoms with van der Waals surface area (Å²) in [5.74, 6) is 0.434. The fraction of sp³-hybridized carbons (Fsp3) is 0.455. The molecule has 1 heterocycles. The molecule has 0 fully saturated rings. The molecule has 0 aliphatic heterocycles. The fourth-order valence-electron chi connectivity index (χ4n) is 1.80. The number of aliphatic hydroxyl groups excluding tert-OH is 1. The van der Waals surface area contributed by atoms with Crippen molar-refractivity contribution in [3.8, 4) is 0 Å². The lowest BCUT2D eigenvalue weighted by molar-refractivity contribution is 0.106. The van der Waals surface area contributed by atoms with Gasteiger partial charge in [0.25, 0.3) is 0 Å². The maximum absolute atomic E-state index is 10.0. The van der Waals surface area contributed by atoms with Crippen molar-refractivity contribution >= 4 is 11.3 Å². The van der Waals surface area contributed by atoms with Crippen molar-refractivity contribution in [2.75, 3.05) is 0 Å². The molecule has 2 heteroatoms. The predicted octanol–water partition coefficient (Wildman–Crippen LogP) is 3.14. The zero-order valence-corrected chi connectivity index (χ0v) is 8.33. The lowest BCUT2D eigenvalue weighted by atomic mass is 9.89. The van der Waals surface area contributed by atoms with E-state index in [1.54, 1.807) is 11.3 Å². The largest absolute Gasteiger partial charge is 0.387 e. The van der Waals surface area contributed by atoms with Gasteiger partial charge in [0.2, 0.25) is 0 Å². The maximum Gasteiger partial charge on any atom is 0.0913 e. The molecular weight excluding hydrogens is 180 g/mol. The maximum atomic E-state index is 10.0. The van der Waals surface area contributed by atoms with Crippen molar-refractivity contribution < 1.29 is 5.11 Å². The summed E-state index contributed by atoms with van der Waals surface area (Å²) in [5, 5.41) is 12.0. The van der Waals surface area contributed by atoms with Crippen molar-refractivity contribution in [1.29, 1.82) is 0 Å². The first-order valence-electron chi connectivity index (χ1n) is 4.74. The summed E-state index contributed by atoms with van der Waals surface area (Å²) in [6.07, 6.45) is 7.41. The number of hydrogen-bond acceptors (Lipinski definition) is 2. The molecule has 0 saturated heterocycles. The molecule has 0 spiro atoms. The molecule has 2 atom stereocenters. The minimum atomic E-state index is -0.245. The molecule has 13 heavy (non-hydrogen) atoms. The number of hydrogen-bond donors (Lipinski definition) is 1. The Balaban J connectivity index is 2.04. The zero-order chi connectivity index (χ0) is 9.10. The predicted molar refractivity (Wildman–Crippen MR) is 55.8 cm³/mol. The highest BCUT2D eigenvalue weighted by Gasteiger charge is 2.21. The van der Waals surface area contributed by atoms with Gasteiger partial charge in [-0.3, -0.25) is 0 Å². The van der Waals surface area contributed by atoms with Crippen LogP contribution < -0.4 is 0 Å². The fourth-order valence-corrected chi connectivity index (χ4v) is 2.60. The molecule has 1 aliphatic rings. The minimum Gasteiger partial charge on any atom is -0.387 e. The van der Waals surface area contributed by atoms with Crippen LogP contribution in [0.3, 0.4) is 0 Å². The molecule has 1 N–H and O–H groups in total. The van der Waals surface area contributed by atoms with E-state index in [0.29, 0.717) is 5.92 Å². The number of allylic oxidation sites excluding steroid dienone is 2. The van der Waals surface area contributed by atoms with Gasteiger partial charge in [0.15, 0.2) is 0 Å². The normalized spacial score (nSPS) is 24.5. The Bertz CT molecular complexity index is 276. The first-order valence-corrected chi connectivity index (χ1v) is 5.62. The second-order valence-corrected chi connectivity index (χ2v) is 4.48. The van der Waals surface area contributed by atoms with E-state index in [-0.39, 0.29) is 6.10 Å². The monoisotopic (exact) mass is 194 g/mol. The van der Waals surface area contributed by atoms with E-state index >= 15 is 0 Å². The molecule has 0 amide bonds. The molecule has 0 saturated carbocycles. The van der Waals surface area contributed by atoms with Gasteiger partial charge in [-0.2, -0.15) is 0 Å². The van der Waals surface area contributed by atoms with E-state index in [1.807, 2.05) is 17.5 Å². The Kier molecular flexibility index (Phi) is 2.81. The molecule has 70 valence electrons. The van der Waals surface area contributed by atoms with Crippen molar-refractivity contribution in [3.05, 3.63) is 34.5 Å². The van der Waals surface area contributed by atoms with Gasteiger partial charge in [0.1, 0.15) is 0 Å². The van der Waals surface area contributed by atoms with Gasteiger partial charge < -0.3 is 5.11 Å². The van der Waals surface area contributed by atoms with E-state index in [9.17, 15) is 5.11 Å². The average molecular weight is 194 g/mol. The number of aliphatic hydroxyl groups is 1. The second-order valence-electron chi connectivity index (χ2n) is 3.50. The van der Waals surface area contributed by atoms with Gasteiger partial charge in [-0.05, 0) is 36.6 Å². The van der Waals surface area contributed by atoms with Crippen LogP contribution in [0.4, 0.5) is 0 Å². The van der Waals surface area contributed by atoms with E-state index in [4.69, 9.17) is 0 Å². The molecule has 2 rings (SSSR count). The second kappa shape index (κ2) is 4.07. The highest BCUT2D eigenvalue weighted by atomic mass is 32.1. The van der Waals surface area contributed by atoms with Crippen LogP contribution in [-0.4, -0.2) is 5.11 Å². The Morgan fingerprint density at radius 1 is 1.46 bits per heavy atom. The topological polar surface area (TPSA) is 20.2 Å². The zero-order valence-electron chi connectivity index (χ0n) is 7.52. The van der Waals surface area contributed by atoms with Gasteiger partial charge >= 0.3 is 0 Å².